The molecule has 1 fully saturated rings. The van der Waals surface area contributed by atoms with Crippen molar-refractivity contribution in [1.82, 2.24) is 5.32 Å². The average Bonchev–Trinajstić information content (AvgIpc) is 2.20. The number of aliphatic hydroxyl groups excluding tert-OH is 1. The van der Waals surface area contributed by atoms with Crippen LogP contribution in [0.5, 0.6) is 0 Å². The summed E-state index contributed by atoms with van der Waals surface area (Å²) in [5.41, 5.74) is 0.197. The molecule has 96 valence electrons. The highest BCUT2D eigenvalue weighted by Gasteiger charge is 2.48. The Balaban J connectivity index is 2.24. The number of rotatable bonds is 7. The van der Waals surface area contributed by atoms with Gasteiger partial charge in [0.15, 0.2) is 0 Å². The lowest BCUT2D eigenvalue weighted by molar-refractivity contribution is -0.119. The SMILES string of the molecule is CCCCOC1CC(NC[C@@H](C)O)C1(C)C. The lowest BCUT2D eigenvalue weighted by Crippen LogP contribution is -2.61. The van der Waals surface area contributed by atoms with Gasteiger partial charge < -0.3 is 15.2 Å². The maximum absolute atomic E-state index is 9.24. The summed E-state index contributed by atoms with van der Waals surface area (Å²) in [4.78, 5) is 0. The van der Waals surface area contributed by atoms with Crippen molar-refractivity contribution in [2.24, 2.45) is 5.41 Å². The van der Waals surface area contributed by atoms with E-state index in [0.29, 0.717) is 18.7 Å². The summed E-state index contributed by atoms with van der Waals surface area (Å²) in [7, 11) is 0. The molecule has 0 aliphatic heterocycles. The van der Waals surface area contributed by atoms with Gasteiger partial charge in [-0.1, -0.05) is 27.2 Å². The van der Waals surface area contributed by atoms with Gasteiger partial charge in [0, 0.05) is 24.6 Å². The Morgan fingerprint density at radius 2 is 2.19 bits per heavy atom. The summed E-state index contributed by atoms with van der Waals surface area (Å²) in [5, 5.41) is 12.6. The molecule has 0 radical (unpaired) electrons. The molecule has 0 heterocycles. The summed E-state index contributed by atoms with van der Waals surface area (Å²) in [6.07, 6.45) is 3.53. The topological polar surface area (TPSA) is 41.5 Å². The van der Waals surface area contributed by atoms with E-state index in [1.165, 1.54) is 6.42 Å². The van der Waals surface area contributed by atoms with Crippen molar-refractivity contribution in [2.75, 3.05) is 13.2 Å². The minimum atomic E-state index is -0.268. The third-order valence-corrected chi connectivity index (χ3v) is 3.65. The molecule has 1 aliphatic carbocycles. The highest BCUT2D eigenvalue weighted by atomic mass is 16.5. The third kappa shape index (κ3) is 3.44. The van der Waals surface area contributed by atoms with Crippen molar-refractivity contribution < 1.29 is 9.84 Å². The molecule has 3 atom stereocenters. The number of hydrogen-bond acceptors (Lipinski definition) is 3. The number of hydrogen-bond donors (Lipinski definition) is 2. The second-order valence-corrected chi connectivity index (χ2v) is 5.58. The van der Waals surface area contributed by atoms with Gasteiger partial charge in [-0.25, -0.2) is 0 Å². The molecule has 0 aromatic carbocycles. The summed E-state index contributed by atoms with van der Waals surface area (Å²) >= 11 is 0. The van der Waals surface area contributed by atoms with E-state index < -0.39 is 0 Å². The van der Waals surface area contributed by atoms with E-state index in [1.807, 2.05) is 6.92 Å². The van der Waals surface area contributed by atoms with Gasteiger partial charge in [-0.2, -0.15) is 0 Å². The number of unbranched alkanes of at least 4 members (excludes halogenated alkanes) is 1. The fourth-order valence-corrected chi connectivity index (χ4v) is 2.20. The Bertz CT molecular complexity index is 204. The van der Waals surface area contributed by atoms with Crippen molar-refractivity contribution in [3.05, 3.63) is 0 Å². The molecular weight excluding hydrogens is 202 g/mol. The monoisotopic (exact) mass is 229 g/mol. The first-order chi connectivity index (χ1) is 7.48. The molecule has 3 nitrogen and oxygen atoms in total. The number of ether oxygens (including phenoxy) is 1. The highest BCUT2D eigenvalue weighted by molar-refractivity contribution is 5.02. The number of nitrogens with one attached hydrogen (secondary N) is 1. The molecule has 3 heteroatoms. The van der Waals surface area contributed by atoms with Crippen LogP contribution in [-0.4, -0.2) is 36.5 Å². The average molecular weight is 229 g/mol. The Hall–Kier alpha value is -0.120. The zero-order valence-corrected chi connectivity index (χ0v) is 11.1. The maximum atomic E-state index is 9.24. The summed E-state index contributed by atoms with van der Waals surface area (Å²) in [6, 6.07) is 0.480. The first kappa shape index (κ1) is 13.9. The predicted octanol–water partition coefficient (Wildman–Crippen LogP) is 1.94. The smallest absolute Gasteiger partial charge is 0.0655 e. The normalized spacial score (nSPS) is 29.8. The zero-order chi connectivity index (χ0) is 12.2. The molecule has 0 saturated heterocycles. The minimum Gasteiger partial charge on any atom is -0.392 e. The van der Waals surface area contributed by atoms with E-state index in [0.717, 1.165) is 19.4 Å². The number of aliphatic hydroxyl groups is 1. The van der Waals surface area contributed by atoms with Gasteiger partial charge in [-0.15, -0.1) is 0 Å². The Labute approximate surface area is 99.6 Å². The summed E-state index contributed by atoms with van der Waals surface area (Å²) in [6.45, 7) is 10.0. The van der Waals surface area contributed by atoms with Crippen LogP contribution in [0.15, 0.2) is 0 Å². The van der Waals surface area contributed by atoms with Crippen LogP contribution in [0.25, 0.3) is 0 Å². The highest BCUT2D eigenvalue weighted by Crippen LogP contribution is 2.42. The molecule has 0 aromatic rings. The molecule has 1 aliphatic rings. The van der Waals surface area contributed by atoms with Gasteiger partial charge >= 0.3 is 0 Å². The molecule has 0 spiro atoms. The van der Waals surface area contributed by atoms with Gasteiger partial charge in [-0.3, -0.25) is 0 Å². The molecule has 0 bridgehead atoms. The summed E-state index contributed by atoms with van der Waals surface area (Å²) < 4.78 is 5.87. The standard InChI is InChI=1S/C13H27NO2/c1-5-6-7-16-12-8-11(13(12,3)4)14-9-10(2)15/h10-12,14-15H,5-9H2,1-4H3/t10-,11?,12?/m1/s1. The quantitative estimate of drug-likeness (QED) is 0.656. The van der Waals surface area contributed by atoms with Crippen LogP contribution >= 0.6 is 0 Å². The molecular formula is C13H27NO2. The molecule has 1 saturated carbocycles. The van der Waals surface area contributed by atoms with Gasteiger partial charge in [0.05, 0.1) is 12.2 Å². The van der Waals surface area contributed by atoms with E-state index >= 15 is 0 Å². The molecule has 16 heavy (non-hydrogen) atoms. The van der Waals surface area contributed by atoms with Gasteiger partial charge in [0.2, 0.25) is 0 Å². The van der Waals surface area contributed by atoms with Crippen LogP contribution in [0.1, 0.15) is 47.0 Å². The van der Waals surface area contributed by atoms with Gasteiger partial charge in [0.25, 0.3) is 0 Å². The first-order valence-corrected chi connectivity index (χ1v) is 6.51. The van der Waals surface area contributed by atoms with Crippen LogP contribution in [-0.2, 0) is 4.74 Å². The third-order valence-electron chi connectivity index (χ3n) is 3.65. The van der Waals surface area contributed by atoms with Crippen LogP contribution in [0.3, 0.4) is 0 Å². The fourth-order valence-electron chi connectivity index (χ4n) is 2.20. The van der Waals surface area contributed by atoms with E-state index in [4.69, 9.17) is 4.74 Å². The zero-order valence-electron chi connectivity index (χ0n) is 11.1. The largest absolute Gasteiger partial charge is 0.392 e. The van der Waals surface area contributed by atoms with Gasteiger partial charge in [0.1, 0.15) is 0 Å². The van der Waals surface area contributed by atoms with Crippen molar-refractivity contribution in [1.29, 1.82) is 0 Å². The molecule has 0 aromatic heterocycles. The van der Waals surface area contributed by atoms with E-state index in [2.05, 4.69) is 26.1 Å². The van der Waals surface area contributed by atoms with Crippen molar-refractivity contribution in [3.8, 4) is 0 Å². The second-order valence-electron chi connectivity index (χ2n) is 5.58. The molecule has 1 rings (SSSR count). The Morgan fingerprint density at radius 3 is 2.69 bits per heavy atom. The van der Waals surface area contributed by atoms with Crippen LogP contribution < -0.4 is 5.32 Å². The van der Waals surface area contributed by atoms with Gasteiger partial charge in [-0.05, 0) is 19.8 Å². The lowest BCUT2D eigenvalue weighted by atomic mass is 9.64. The van der Waals surface area contributed by atoms with Crippen LogP contribution in [0, 0.1) is 5.41 Å². The second kappa shape index (κ2) is 5.99. The fraction of sp³-hybridized carbons (Fsp3) is 1.00. The van der Waals surface area contributed by atoms with Crippen molar-refractivity contribution in [2.45, 2.75) is 65.2 Å². The summed E-state index contributed by atoms with van der Waals surface area (Å²) in [5.74, 6) is 0. The maximum Gasteiger partial charge on any atom is 0.0655 e. The van der Waals surface area contributed by atoms with Crippen molar-refractivity contribution >= 4 is 0 Å². The Kier molecular flexibility index (Phi) is 5.22. The Morgan fingerprint density at radius 1 is 1.50 bits per heavy atom. The van der Waals surface area contributed by atoms with Crippen LogP contribution in [0.4, 0.5) is 0 Å². The van der Waals surface area contributed by atoms with E-state index in [-0.39, 0.29) is 11.5 Å². The predicted molar refractivity (Wildman–Crippen MR) is 66.5 cm³/mol. The molecule has 0 amide bonds. The van der Waals surface area contributed by atoms with Crippen LogP contribution in [0.2, 0.25) is 0 Å². The van der Waals surface area contributed by atoms with Crippen molar-refractivity contribution in [3.63, 3.8) is 0 Å². The van der Waals surface area contributed by atoms with E-state index in [1.54, 1.807) is 0 Å². The van der Waals surface area contributed by atoms with E-state index in [9.17, 15) is 5.11 Å². The molecule has 2 N–H and O–H groups in total. The lowest BCUT2D eigenvalue weighted by Gasteiger charge is -2.52. The first-order valence-electron chi connectivity index (χ1n) is 6.51. The minimum absolute atomic E-state index is 0.197. The molecule has 2 unspecified atom stereocenters.